The Balaban J connectivity index is 2.27. The topological polar surface area (TPSA) is 75.3 Å². The Morgan fingerprint density at radius 3 is 3.00 bits per heavy atom. The van der Waals surface area contributed by atoms with Crippen LogP contribution in [0.15, 0.2) is 10.7 Å². The number of nitrogens with two attached hydrogens (primary N) is 1. The molecule has 0 aliphatic carbocycles. The minimum absolute atomic E-state index is 0.250. The van der Waals surface area contributed by atoms with Gasteiger partial charge in [-0.3, -0.25) is 0 Å². The average Bonchev–Trinajstić information content (AvgIpc) is 2.50. The molecule has 1 aromatic heterocycles. The van der Waals surface area contributed by atoms with E-state index in [9.17, 15) is 5.11 Å². The van der Waals surface area contributed by atoms with Crippen LogP contribution in [0.2, 0.25) is 0 Å². The van der Waals surface area contributed by atoms with Crippen molar-refractivity contribution in [1.82, 2.24) is 9.97 Å². The number of halogens is 1. The molecule has 0 saturated carbocycles. The Kier molecular flexibility index (Phi) is 2.56. The summed E-state index contributed by atoms with van der Waals surface area (Å²) in [7, 11) is 0. The summed E-state index contributed by atoms with van der Waals surface area (Å²) < 4.78 is 0.800. The highest BCUT2D eigenvalue weighted by Gasteiger charge is 2.32. The lowest BCUT2D eigenvalue weighted by atomic mass is 10.1. The molecule has 1 atom stereocenters. The highest BCUT2D eigenvalue weighted by molar-refractivity contribution is 9.10. The van der Waals surface area contributed by atoms with Gasteiger partial charge in [-0.1, -0.05) is 0 Å². The second kappa shape index (κ2) is 3.61. The molecule has 0 amide bonds. The van der Waals surface area contributed by atoms with Crippen LogP contribution in [-0.2, 0) is 0 Å². The minimum atomic E-state index is -0.640. The third-order valence-electron chi connectivity index (χ3n) is 2.50. The molecule has 1 aliphatic heterocycles. The molecular formula is C9H13BrN4O. The van der Waals surface area contributed by atoms with E-state index in [4.69, 9.17) is 5.73 Å². The van der Waals surface area contributed by atoms with Gasteiger partial charge in [0.05, 0.1) is 10.1 Å². The molecule has 2 heterocycles. The van der Waals surface area contributed by atoms with E-state index in [-0.39, 0.29) is 5.95 Å². The molecule has 15 heavy (non-hydrogen) atoms. The Hall–Kier alpha value is -0.880. The maximum Gasteiger partial charge on any atom is 0.222 e. The fraction of sp³-hybridized carbons (Fsp3) is 0.556. The number of rotatable bonds is 1. The molecule has 1 aromatic rings. The van der Waals surface area contributed by atoms with Crippen LogP contribution in [0.4, 0.5) is 11.8 Å². The van der Waals surface area contributed by atoms with E-state index in [0.717, 1.165) is 23.3 Å². The summed E-state index contributed by atoms with van der Waals surface area (Å²) in [5.41, 5.74) is 4.89. The van der Waals surface area contributed by atoms with Gasteiger partial charge in [0.2, 0.25) is 5.95 Å². The first-order valence-electron chi connectivity index (χ1n) is 4.73. The molecule has 1 aliphatic rings. The molecule has 0 radical (unpaired) electrons. The van der Waals surface area contributed by atoms with E-state index in [1.54, 1.807) is 6.20 Å². The summed E-state index contributed by atoms with van der Waals surface area (Å²) in [5.74, 6) is 1.00. The van der Waals surface area contributed by atoms with Crippen molar-refractivity contribution in [2.45, 2.75) is 18.9 Å². The highest BCUT2D eigenvalue weighted by atomic mass is 79.9. The number of aromatic nitrogens is 2. The van der Waals surface area contributed by atoms with Crippen molar-refractivity contribution in [3.05, 3.63) is 10.7 Å². The minimum Gasteiger partial charge on any atom is -0.388 e. The van der Waals surface area contributed by atoms with Crippen molar-refractivity contribution in [2.75, 3.05) is 23.7 Å². The molecule has 82 valence electrons. The number of aliphatic hydroxyl groups is 1. The summed E-state index contributed by atoms with van der Waals surface area (Å²) in [4.78, 5) is 10.0. The highest BCUT2D eigenvalue weighted by Crippen LogP contribution is 2.30. The maximum atomic E-state index is 9.85. The number of nitrogens with zero attached hydrogens (tertiary/aromatic N) is 3. The number of hydrogen-bond acceptors (Lipinski definition) is 5. The lowest BCUT2D eigenvalue weighted by Gasteiger charge is -2.20. The fourth-order valence-corrected chi connectivity index (χ4v) is 2.16. The zero-order valence-electron chi connectivity index (χ0n) is 8.44. The SMILES string of the molecule is CC1(O)CCN(c2nc(N)ncc2Br)C1. The number of nitrogen functional groups attached to an aromatic ring is 1. The Bertz CT molecular complexity index is 382. The summed E-state index contributed by atoms with van der Waals surface area (Å²) in [5, 5.41) is 9.85. The molecule has 1 fully saturated rings. The molecule has 1 saturated heterocycles. The van der Waals surface area contributed by atoms with Crippen LogP contribution in [0, 0.1) is 0 Å². The van der Waals surface area contributed by atoms with Gasteiger partial charge in [0.1, 0.15) is 5.82 Å². The normalized spacial score (nSPS) is 25.9. The van der Waals surface area contributed by atoms with Gasteiger partial charge in [0, 0.05) is 19.3 Å². The van der Waals surface area contributed by atoms with Gasteiger partial charge in [0.25, 0.3) is 0 Å². The first-order valence-corrected chi connectivity index (χ1v) is 5.53. The van der Waals surface area contributed by atoms with Crippen molar-refractivity contribution in [3.63, 3.8) is 0 Å². The largest absolute Gasteiger partial charge is 0.388 e. The van der Waals surface area contributed by atoms with Crippen molar-refractivity contribution in [1.29, 1.82) is 0 Å². The van der Waals surface area contributed by atoms with Crippen LogP contribution in [-0.4, -0.2) is 33.8 Å². The van der Waals surface area contributed by atoms with E-state index >= 15 is 0 Å². The predicted octanol–water partition coefficient (Wildman–Crippen LogP) is 0.782. The van der Waals surface area contributed by atoms with Gasteiger partial charge < -0.3 is 15.7 Å². The first-order chi connectivity index (χ1) is 6.98. The smallest absolute Gasteiger partial charge is 0.222 e. The Labute approximate surface area is 96.5 Å². The van der Waals surface area contributed by atoms with E-state index in [1.165, 1.54) is 0 Å². The van der Waals surface area contributed by atoms with Gasteiger partial charge in [-0.05, 0) is 29.3 Å². The quantitative estimate of drug-likeness (QED) is 0.791. The van der Waals surface area contributed by atoms with Gasteiger partial charge in [-0.2, -0.15) is 4.98 Å². The number of anilines is 2. The van der Waals surface area contributed by atoms with E-state index in [0.29, 0.717) is 6.54 Å². The molecular weight excluding hydrogens is 260 g/mol. The summed E-state index contributed by atoms with van der Waals surface area (Å²) in [6.07, 6.45) is 2.37. The van der Waals surface area contributed by atoms with Crippen molar-refractivity contribution in [2.24, 2.45) is 0 Å². The Morgan fingerprint density at radius 1 is 1.67 bits per heavy atom. The lowest BCUT2D eigenvalue weighted by molar-refractivity contribution is 0.0839. The van der Waals surface area contributed by atoms with Crippen LogP contribution in [0.25, 0.3) is 0 Å². The third-order valence-corrected chi connectivity index (χ3v) is 3.05. The second-order valence-electron chi connectivity index (χ2n) is 4.07. The van der Waals surface area contributed by atoms with Crippen LogP contribution in [0.1, 0.15) is 13.3 Å². The summed E-state index contributed by atoms with van der Waals surface area (Å²) >= 11 is 3.37. The number of β-amino-alcohol motifs (C(OH)–C–C–N with tert-alkyl or cyclic N) is 1. The predicted molar refractivity (Wildman–Crippen MR) is 61.6 cm³/mol. The first kappa shape index (κ1) is 10.6. The van der Waals surface area contributed by atoms with Crippen LogP contribution in [0.5, 0.6) is 0 Å². The maximum absolute atomic E-state index is 9.85. The molecule has 1 unspecified atom stereocenters. The molecule has 0 bridgehead atoms. The van der Waals surface area contributed by atoms with Crippen molar-refractivity contribution >= 4 is 27.7 Å². The standard InChI is InChI=1S/C9H13BrN4O/c1-9(15)2-3-14(5-9)7-6(10)4-12-8(11)13-7/h4,15H,2-3,5H2,1H3,(H2,11,12,13). The monoisotopic (exact) mass is 272 g/mol. The van der Waals surface area contributed by atoms with Crippen molar-refractivity contribution in [3.8, 4) is 0 Å². The van der Waals surface area contributed by atoms with Gasteiger partial charge in [-0.15, -0.1) is 0 Å². The summed E-state index contributed by atoms with van der Waals surface area (Å²) in [6, 6.07) is 0. The number of hydrogen-bond donors (Lipinski definition) is 2. The van der Waals surface area contributed by atoms with Crippen LogP contribution < -0.4 is 10.6 Å². The van der Waals surface area contributed by atoms with E-state index < -0.39 is 5.60 Å². The average molecular weight is 273 g/mol. The van der Waals surface area contributed by atoms with Gasteiger partial charge in [-0.25, -0.2) is 4.98 Å². The second-order valence-corrected chi connectivity index (χ2v) is 4.92. The Morgan fingerprint density at radius 2 is 2.40 bits per heavy atom. The molecule has 2 rings (SSSR count). The van der Waals surface area contributed by atoms with E-state index in [1.807, 2.05) is 11.8 Å². The molecule has 0 aromatic carbocycles. The zero-order valence-corrected chi connectivity index (χ0v) is 10.0. The third kappa shape index (κ3) is 2.21. The van der Waals surface area contributed by atoms with Gasteiger partial charge >= 0.3 is 0 Å². The lowest BCUT2D eigenvalue weighted by Crippen LogP contribution is -2.30. The molecule has 5 nitrogen and oxygen atoms in total. The van der Waals surface area contributed by atoms with Crippen molar-refractivity contribution < 1.29 is 5.11 Å². The molecule has 3 N–H and O–H groups in total. The van der Waals surface area contributed by atoms with E-state index in [2.05, 4.69) is 25.9 Å². The summed E-state index contributed by atoms with van der Waals surface area (Å²) in [6.45, 7) is 3.18. The molecule has 0 spiro atoms. The van der Waals surface area contributed by atoms with Gasteiger partial charge in [0.15, 0.2) is 0 Å². The zero-order chi connectivity index (χ0) is 11.1. The fourth-order valence-electron chi connectivity index (χ4n) is 1.72. The van der Waals surface area contributed by atoms with Crippen LogP contribution in [0.3, 0.4) is 0 Å². The van der Waals surface area contributed by atoms with Crippen LogP contribution >= 0.6 is 15.9 Å². The molecule has 6 heteroatoms.